The lowest BCUT2D eigenvalue weighted by molar-refractivity contribution is -0.154. The van der Waals surface area contributed by atoms with E-state index in [0.29, 0.717) is 21.3 Å². The molecular formula is C27H32Cl2N4O5. The van der Waals surface area contributed by atoms with Gasteiger partial charge in [-0.3, -0.25) is 4.79 Å². The molecule has 0 bridgehead atoms. The average Bonchev–Trinajstić information content (AvgIpc) is 3.34. The quantitative estimate of drug-likeness (QED) is 0.142. The number of hydrogen-bond donors (Lipinski definition) is 3. The van der Waals surface area contributed by atoms with Crippen LogP contribution in [0.15, 0.2) is 48.7 Å². The van der Waals surface area contributed by atoms with Gasteiger partial charge in [-0.25, -0.2) is 4.79 Å². The fourth-order valence-corrected chi connectivity index (χ4v) is 4.37. The van der Waals surface area contributed by atoms with Crippen LogP contribution in [0.2, 0.25) is 10.0 Å². The second kappa shape index (κ2) is 14.7. The summed E-state index contributed by atoms with van der Waals surface area (Å²) in [4.78, 5) is 25.5. The minimum atomic E-state index is -1.42. The van der Waals surface area contributed by atoms with Crippen LogP contribution < -0.4 is 5.32 Å². The molecule has 1 heterocycles. The highest BCUT2D eigenvalue weighted by atomic mass is 35.5. The Hall–Kier alpha value is -3.14. The molecule has 2 aromatic carbocycles. The molecule has 0 radical (unpaired) electrons. The van der Waals surface area contributed by atoms with E-state index in [-0.39, 0.29) is 18.7 Å². The molecule has 0 unspecified atom stereocenters. The maximum atomic E-state index is 12.7. The zero-order chi connectivity index (χ0) is 27.5. The van der Waals surface area contributed by atoms with Gasteiger partial charge in [0.2, 0.25) is 0 Å². The minimum Gasteiger partial charge on any atom is -0.464 e. The molecule has 1 aromatic heterocycles. The summed E-state index contributed by atoms with van der Waals surface area (Å²) in [6.45, 7) is 2.37. The van der Waals surface area contributed by atoms with Crippen LogP contribution in [0.25, 0.3) is 11.1 Å². The Kier molecular flexibility index (Phi) is 11.4. The second-order valence-electron chi connectivity index (χ2n) is 9.05. The van der Waals surface area contributed by atoms with Crippen molar-refractivity contribution in [2.24, 2.45) is 0 Å². The Morgan fingerprint density at radius 2 is 1.82 bits per heavy atom. The highest BCUT2D eigenvalue weighted by Gasteiger charge is 2.25. The summed E-state index contributed by atoms with van der Waals surface area (Å²) in [5, 5.41) is 30.7. The highest BCUT2D eigenvalue weighted by Crippen LogP contribution is 2.30. The van der Waals surface area contributed by atoms with E-state index in [9.17, 15) is 19.9 Å². The van der Waals surface area contributed by atoms with Crippen LogP contribution in [-0.4, -0.2) is 56.1 Å². The van der Waals surface area contributed by atoms with Gasteiger partial charge in [0.15, 0.2) is 11.8 Å². The molecule has 0 aliphatic heterocycles. The monoisotopic (exact) mass is 562 g/mol. The van der Waals surface area contributed by atoms with Crippen LogP contribution in [0.4, 0.5) is 0 Å². The summed E-state index contributed by atoms with van der Waals surface area (Å²) >= 11 is 12.4. The van der Waals surface area contributed by atoms with Crippen LogP contribution in [0.1, 0.15) is 61.5 Å². The maximum absolute atomic E-state index is 12.7. The second-order valence-corrected chi connectivity index (χ2v) is 9.90. The molecule has 0 aliphatic rings. The Balaban J connectivity index is 1.66. The number of rotatable bonds is 14. The number of nitrogens with one attached hydrogen (secondary N) is 1. The van der Waals surface area contributed by atoms with Crippen molar-refractivity contribution in [3.63, 3.8) is 0 Å². The highest BCUT2D eigenvalue weighted by molar-refractivity contribution is 6.35. The summed E-state index contributed by atoms with van der Waals surface area (Å²) in [6, 6.07) is 12.1. The largest absolute Gasteiger partial charge is 0.464 e. The number of halogens is 2. The van der Waals surface area contributed by atoms with E-state index in [0.717, 1.165) is 55.0 Å². The first-order chi connectivity index (χ1) is 18.3. The summed E-state index contributed by atoms with van der Waals surface area (Å²) in [5.41, 5.74) is 2.39. The molecule has 11 heteroatoms. The fourth-order valence-electron chi connectivity index (χ4n) is 3.98. The Morgan fingerprint density at radius 3 is 2.50 bits per heavy atom. The number of ether oxygens (including phenoxy) is 1. The number of aromatic nitrogens is 3. The van der Waals surface area contributed by atoms with Crippen molar-refractivity contribution >= 4 is 35.1 Å². The number of amides is 1. The SMILES string of the molecule is CCCCCCCOC(=O)[C@H](O)C[C@@H](Cc1ccc(-c2cc(Cl)ccc2Cl)cc1)NC(=O)c1cn(O)nn1. The van der Waals surface area contributed by atoms with Gasteiger partial charge in [0, 0.05) is 28.1 Å². The Bertz CT molecular complexity index is 1200. The molecule has 2 atom stereocenters. The number of carbonyl (C=O) groups excluding carboxylic acids is 2. The molecule has 9 nitrogen and oxygen atoms in total. The van der Waals surface area contributed by atoms with Gasteiger partial charge in [0.05, 0.1) is 12.8 Å². The minimum absolute atomic E-state index is 0.0739. The fraction of sp³-hybridized carbons (Fsp3) is 0.407. The third kappa shape index (κ3) is 9.01. The number of hydrogen-bond acceptors (Lipinski definition) is 7. The standard InChI is InChI=1S/C27H32Cl2N4O5/c1-2-3-4-5-6-13-38-27(36)25(34)16-21(30-26(35)24-17-33(37)32-31-24)14-18-7-9-19(10-8-18)22-15-20(28)11-12-23(22)29/h7-12,15,17,21,25,34,37H,2-6,13-14,16H2,1H3,(H,30,35)/t21-,25-/m1/s1. The van der Waals surface area contributed by atoms with Crippen molar-refractivity contribution in [1.82, 2.24) is 20.5 Å². The van der Waals surface area contributed by atoms with Crippen molar-refractivity contribution in [3.8, 4) is 11.1 Å². The van der Waals surface area contributed by atoms with Crippen LogP contribution in [0, 0.1) is 0 Å². The summed E-state index contributed by atoms with van der Waals surface area (Å²) < 4.78 is 5.23. The first kappa shape index (κ1) is 29.4. The molecule has 0 saturated heterocycles. The Morgan fingerprint density at radius 1 is 1.08 bits per heavy atom. The molecule has 1 amide bonds. The van der Waals surface area contributed by atoms with Gasteiger partial charge in [-0.15, -0.1) is 5.10 Å². The number of esters is 1. The predicted molar refractivity (Wildman–Crippen MR) is 144 cm³/mol. The van der Waals surface area contributed by atoms with Gasteiger partial charge in [-0.1, -0.05) is 84.9 Å². The lowest BCUT2D eigenvalue weighted by atomic mass is 9.97. The van der Waals surface area contributed by atoms with E-state index in [4.69, 9.17) is 27.9 Å². The predicted octanol–water partition coefficient (Wildman–Crippen LogP) is 5.09. The number of benzene rings is 2. The van der Waals surface area contributed by atoms with Crippen molar-refractivity contribution in [1.29, 1.82) is 0 Å². The molecule has 3 rings (SSSR count). The van der Waals surface area contributed by atoms with Crippen molar-refractivity contribution in [2.75, 3.05) is 6.61 Å². The van der Waals surface area contributed by atoms with Crippen molar-refractivity contribution < 1.29 is 24.6 Å². The third-order valence-electron chi connectivity index (χ3n) is 6.00. The zero-order valence-electron chi connectivity index (χ0n) is 21.1. The van der Waals surface area contributed by atoms with E-state index >= 15 is 0 Å². The summed E-state index contributed by atoms with van der Waals surface area (Å²) in [6.07, 6.45) is 4.89. The first-order valence-electron chi connectivity index (χ1n) is 12.6. The van der Waals surface area contributed by atoms with Gasteiger partial charge < -0.3 is 20.4 Å². The number of unbranched alkanes of at least 4 members (excludes halogenated alkanes) is 4. The number of aliphatic hydroxyl groups excluding tert-OH is 1. The van der Waals surface area contributed by atoms with Crippen molar-refractivity contribution in [2.45, 2.75) is 64.0 Å². The van der Waals surface area contributed by atoms with E-state index in [2.05, 4.69) is 22.6 Å². The van der Waals surface area contributed by atoms with E-state index in [1.165, 1.54) is 0 Å². The van der Waals surface area contributed by atoms with Gasteiger partial charge >= 0.3 is 5.97 Å². The topological polar surface area (TPSA) is 127 Å². The zero-order valence-corrected chi connectivity index (χ0v) is 22.7. The molecule has 0 spiro atoms. The normalized spacial score (nSPS) is 12.6. The van der Waals surface area contributed by atoms with Crippen molar-refractivity contribution in [3.05, 3.63) is 70.0 Å². The summed E-state index contributed by atoms with van der Waals surface area (Å²) in [5.74, 6) is -1.33. The van der Waals surface area contributed by atoms with E-state index < -0.39 is 24.0 Å². The lowest BCUT2D eigenvalue weighted by Crippen LogP contribution is -2.41. The average molecular weight is 563 g/mol. The molecule has 0 aliphatic carbocycles. The molecular weight excluding hydrogens is 531 g/mol. The third-order valence-corrected chi connectivity index (χ3v) is 6.56. The van der Waals surface area contributed by atoms with E-state index in [1.807, 2.05) is 24.3 Å². The smallest absolute Gasteiger partial charge is 0.335 e. The molecule has 0 saturated carbocycles. The number of carbonyl (C=O) groups is 2. The van der Waals surface area contributed by atoms with Gasteiger partial charge in [0.1, 0.15) is 0 Å². The van der Waals surface area contributed by atoms with Gasteiger partial charge in [0.25, 0.3) is 5.91 Å². The van der Waals surface area contributed by atoms with Gasteiger partial charge in [-0.2, -0.15) is 0 Å². The van der Waals surface area contributed by atoms with Gasteiger partial charge in [-0.05, 0) is 47.4 Å². The molecule has 38 heavy (non-hydrogen) atoms. The molecule has 204 valence electrons. The van der Waals surface area contributed by atoms with Crippen LogP contribution >= 0.6 is 23.2 Å². The Labute approximate surface area is 231 Å². The number of aliphatic hydroxyl groups is 1. The molecule has 3 aromatic rings. The van der Waals surface area contributed by atoms with Crippen LogP contribution in [0.3, 0.4) is 0 Å². The molecule has 0 fully saturated rings. The van der Waals surface area contributed by atoms with Crippen LogP contribution in [-0.2, 0) is 16.0 Å². The maximum Gasteiger partial charge on any atom is 0.335 e. The van der Waals surface area contributed by atoms with E-state index in [1.54, 1.807) is 18.2 Å². The summed E-state index contributed by atoms with van der Waals surface area (Å²) in [7, 11) is 0. The molecule has 3 N–H and O–H groups in total. The first-order valence-corrected chi connectivity index (χ1v) is 13.3. The lowest BCUT2D eigenvalue weighted by Gasteiger charge is -2.21. The van der Waals surface area contributed by atoms with Crippen LogP contribution in [0.5, 0.6) is 0 Å². The number of nitrogens with zero attached hydrogens (tertiary/aromatic N) is 3.